The molecule has 4 heteroatoms. The van der Waals surface area contributed by atoms with Gasteiger partial charge in [-0.3, -0.25) is 0 Å². The second kappa shape index (κ2) is 5.17. The van der Waals surface area contributed by atoms with Crippen molar-refractivity contribution >= 4 is 33.3 Å². The fourth-order valence-electron chi connectivity index (χ4n) is 2.42. The van der Waals surface area contributed by atoms with Crippen LogP contribution in [-0.4, -0.2) is 15.7 Å². The van der Waals surface area contributed by atoms with E-state index in [2.05, 4.69) is 23.8 Å². The van der Waals surface area contributed by atoms with Gasteiger partial charge in [-0.15, -0.1) is 23.1 Å². The second-order valence-electron chi connectivity index (χ2n) is 5.27. The highest BCUT2D eigenvalue weighted by atomic mass is 32.2. The Hall–Kier alpha value is -0.610. The van der Waals surface area contributed by atoms with Gasteiger partial charge in [0.05, 0.1) is 0 Å². The maximum atomic E-state index is 4.52. The van der Waals surface area contributed by atoms with Gasteiger partial charge in [0.15, 0.2) is 0 Å². The lowest BCUT2D eigenvalue weighted by atomic mass is 9.97. The Balaban J connectivity index is 2.05. The summed E-state index contributed by atoms with van der Waals surface area (Å²) in [6, 6.07) is 0. The topological polar surface area (TPSA) is 25.8 Å². The quantitative estimate of drug-likeness (QED) is 0.618. The lowest BCUT2D eigenvalue weighted by Gasteiger charge is -2.11. The van der Waals surface area contributed by atoms with E-state index < -0.39 is 0 Å². The van der Waals surface area contributed by atoms with Gasteiger partial charge in [-0.2, -0.15) is 0 Å². The highest BCUT2D eigenvalue weighted by Gasteiger charge is 2.19. The molecule has 0 amide bonds. The molecular formula is C14H18N2S2. The Bertz CT molecular complexity index is 560. The molecular weight excluding hydrogens is 260 g/mol. The summed E-state index contributed by atoms with van der Waals surface area (Å²) in [5.74, 6) is 1.84. The maximum absolute atomic E-state index is 4.52. The number of nitrogens with zero attached hydrogens (tertiary/aromatic N) is 2. The van der Waals surface area contributed by atoms with Crippen LogP contribution >= 0.6 is 23.1 Å². The number of aromatic nitrogens is 2. The zero-order valence-corrected chi connectivity index (χ0v) is 12.5. The van der Waals surface area contributed by atoms with Gasteiger partial charge in [0, 0.05) is 16.0 Å². The van der Waals surface area contributed by atoms with Crippen molar-refractivity contribution in [3.05, 3.63) is 16.8 Å². The van der Waals surface area contributed by atoms with E-state index in [1.165, 1.54) is 40.9 Å². The Labute approximate surface area is 116 Å². The Morgan fingerprint density at radius 3 is 2.94 bits per heavy atom. The molecule has 2 aromatic heterocycles. The van der Waals surface area contributed by atoms with Gasteiger partial charge >= 0.3 is 0 Å². The maximum Gasteiger partial charge on any atom is 0.128 e. The third-order valence-electron chi connectivity index (χ3n) is 3.27. The van der Waals surface area contributed by atoms with E-state index in [4.69, 9.17) is 0 Å². The Morgan fingerprint density at radius 2 is 2.11 bits per heavy atom. The number of fused-ring (bicyclic) bond motifs is 3. The van der Waals surface area contributed by atoms with Crippen LogP contribution in [0, 0.1) is 5.92 Å². The van der Waals surface area contributed by atoms with Crippen LogP contribution in [-0.2, 0) is 12.8 Å². The standard InChI is InChI=1S/C14H18N2S2/c1-9(2)7-17-13-12-10-5-3-4-6-11(10)18-14(12)16-8-15-13/h8-9H,3-7H2,1-2H3. The third-order valence-corrected chi connectivity index (χ3v) is 5.89. The zero-order valence-electron chi connectivity index (χ0n) is 10.9. The molecule has 0 saturated heterocycles. The summed E-state index contributed by atoms with van der Waals surface area (Å²) in [5.41, 5.74) is 1.55. The summed E-state index contributed by atoms with van der Waals surface area (Å²) in [7, 11) is 0. The molecule has 0 unspecified atom stereocenters. The van der Waals surface area contributed by atoms with E-state index in [0.29, 0.717) is 5.92 Å². The third kappa shape index (κ3) is 2.28. The zero-order chi connectivity index (χ0) is 12.5. The van der Waals surface area contributed by atoms with Crippen LogP contribution in [0.15, 0.2) is 11.4 Å². The normalized spacial score (nSPS) is 15.3. The summed E-state index contributed by atoms with van der Waals surface area (Å²) in [5, 5.41) is 2.57. The predicted molar refractivity (Wildman–Crippen MR) is 79.6 cm³/mol. The number of hydrogen-bond acceptors (Lipinski definition) is 4. The molecule has 18 heavy (non-hydrogen) atoms. The molecule has 96 valence electrons. The van der Waals surface area contributed by atoms with Crippen LogP contribution in [0.3, 0.4) is 0 Å². The molecule has 1 aliphatic carbocycles. The molecule has 0 fully saturated rings. The summed E-state index contributed by atoms with van der Waals surface area (Å²) in [4.78, 5) is 11.7. The molecule has 1 aliphatic rings. The molecule has 3 rings (SSSR count). The molecule has 0 N–H and O–H groups in total. The molecule has 0 radical (unpaired) electrons. The average Bonchev–Trinajstić information content (AvgIpc) is 2.75. The van der Waals surface area contributed by atoms with Crippen LogP contribution < -0.4 is 0 Å². The van der Waals surface area contributed by atoms with Crippen LogP contribution in [0.4, 0.5) is 0 Å². The average molecular weight is 278 g/mol. The van der Waals surface area contributed by atoms with Gasteiger partial charge in [-0.05, 0) is 37.2 Å². The first kappa shape index (κ1) is 12.4. The van der Waals surface area contributed by atoms with Gasteiger partial charge in [0.1, 0.15) is 16.2 Å². The van der Waals surface area contributed by atoms with E-state index in [0.717, 1.165) is 5.75 Å². The molecule has 0 spiro atoms. The molecule has 0 bridgehead atoms. The van der Waals surface area contributed by atoms with E-state index in [1.54, 1.807) is 16.8 Å². The molecule has 2 nitrogen and oxygen atoms in total. The van der Waals surface area contributed by atoms with Crippen LogP contribution in [0.1, 0.15) is 37.1 Å². The van der Waals surface area contributed by atoms with Crippen LogP contribution in [0.5, 0.6) is 0 Å². The van der Waals surface area contributed by atoms with E-state index in [-0.39, 0.29) is 0 Å². The Morgan fingerprint density at radius 1 is 1.28 bits per heavy atom. The summed E-state index contributed by atoms with van der Waals surface area (Å²) in [6.07, 6.45) is 6.85. The van der Waals surface area contributed by atoms with E-state index in [9.17, 15) is 0 Å². The first-order valence-corrected chi connectivity index (χ1v) is 8.44. The van der Waals surface area contributed by atoms with Gasteiger partial charge in [-0.25, -0.2) is 9.97 Å². The van der Waals surface area contributed by atoms with E-state index in [1.807, 2.05) is 23.1 Å². The molecule has 0 aromatic carbocycles. The van der Waals surface area contributed by atoms with Gasteiger partial charge in [0.25, 0.3) is 0 Å². The minimum absolute atomic E-state index is 0.703. The monoisotopic (exact) mass is 278 g/mol. The van der Waals surface area contributed by atoms with Crippen LogP contribution in [0.2, 0.25) is 0 Å². The highest BCUT2D eigenvalue weighted by molar-refractivity contribution is 7.99. The minimum atomic E-state index is 0.703. The van der Waals surface area contributed by atoms with Crippen molar-refractivity contribution in [3.63, 3.8) is 0 Å². The van der Waals surface area contributed by atoms with Crippen molar-refractivity contribution < 1.29 is 0 Å². The van der Waals surface area contributed by atoms with Crippen molar-refractivity contribution in [1.29, 1.82) is 0 Å². The number of aryl methyl sites for hydroxylation is 2. The number of thiophene rings is 1. The first-order valence-electron chi connectivity index (χ1n) is 6.63. The van der Waals surface area contributed by atoms with Crippen molar-refractivity contribution in [1.82, 2.24) is 9.97 Å². The van der Waals surface area contributed by atoms with Crippen molar-refractivity contribution in [3.8, 4) is 0 Å². The lowest BCUT2D eigenvalue weighted by molar-refractivity contribution is 0.699. The predicted octanol–water partition coefficient (Wildman–Crippen LogP) is 4.32. The van der Waals surface area contributed by atoms with Gasteiger partial charge in [0.2, 0.25) is 0 Å². The Kier molecular flexibility index (Phi) is 3.57. The van der Waals surface area contributed by atoms with Gasteiger partial charge < -0.3 is 0 Å². The first-order chi connectivity index (χ1) is 8.75. The molecule has 0 aliphatic heterocycles. The van der Waals surface area contributed by atoms with Crippen molar-refractivity contribution in [2.45, 2.75) is 44.6 Å². The smallest absolute Gasteiger partial charge is 0.128 e. The fraction of sp³-hybridized carbons (Fsp3) is 0.571. The minimum Gasteiger partial charge on any atom is -0.229 e. The summed E-state index contributed by atoms with van der Waals surface area (Å²) >= 11 is 3.77. The second-order valence-corrected chi connectivity index (χ2v) is 7.37. The van der Waals surface area contributed by atoms with Crippen LogP contribution in [0.25, 0.3) is 10.2 Å². The number of hydrogen-bond donors (Lipinski definition) is 0. The molecule has 2 aromatic rings. The van der Waals surface area contributed by atoms with E-state index >= 15 is 0 Å². The SMILES string of the molecule is CC(C)CSc1ncnc2sc3c(c12)CCCC3. The molecule has 2 heterocycles. The molecule has 0 atom stereocenters. The number of thioether (sulfide) groups is 1. The highest BCUT2D eigenvalue weighted by Crippen LogP contribution is 2.39. The number of rotatable bonds is 3. The summed E-state index contributed by atoms with van der Waals surface area (Å²) < 4.78 is 0. The van der Waals surface area contributed by atoms with Crippen molar-refractivity contribution in [2.75, 3.05) is 5.75 Å². The van der Waals surface area contributed by atoms with Gasteiger partial charge in [-0.1, -0.05) is 13.8 Å². The lowest BCUT2D eigenvalue weighted by Crippen LogP contribution is -1.99. The van der Waals surface area contributed by atoms with Crippen molar-refractivity contribution in [2.24, 2.45) is 5.92 Å². The largest absolute Gasteiger partial charge is 0.229 e. The fourth-order valence-corrected chi connectivity index (χ4v) is 4.69. The molecule has 0 saturated carbocycles. The summed E-state index contributed by atoms with van der Waals surface area (Å²) in [6.45, 7) is 4.52.